The first-order valence-electron chi connectivity index (χ1n) is 4.95. The fourth-order valence-electron chi connectivity index (χ4n) is 1.34. The summed E-state index contributed by atoms with van der Waals surface area (Å²) in [5.74, 6) is -0.693. The lowest BCUT2D eigenvalue weighted by Gasteiger charge is -2.10. The number of aromatic nitrogens is 1. The number of carbonyl (C=O) groups is 1. The van der Waals surface area contributed by atoms with Gasteiger partial charge in [-0.15, -0.1) is 0 Å². The van der Waals surface area contributed by atoms with Gasteiger partial charge in [-0.3, -0.25) is 4.79 Å². The number of nitrogens with one attached hydrogen (secondary N) is 1. The van der Waals surface area contributed by atoms with E-state index in [1.165, 1.54) is 18.5 Å². The van der Waals surface area contributed by atoms with Crippen molar-refractivity contribution in [2.45, 2.75) is 6.18 Å². The summed E-state index contributed by atoms with van der Waals surface area (Å²) < 4.78 is 42.5. The van der Waals surface area contributed by atoms with E-state index < -0.39 is 17.6 Å². The van der Waals surface area contributed by atoms with Crippen molar-refractivity contribution in [3.8, 4) is 0 Å². The molecule has 0 fully saturated rings. The van der Waals surface area contributed by atoms with Gasteiger partial charge in [-0.1, -0.05) is 5.16 Å². The zero-order valence-electron chi connectivity index (χ0n) is 9.16. The molecule has 0 unspecified atom stereocenters. The van der Waals surface area contributed by atoms with Crippen LogP contribution in [0.5, 0.6) is 0 Å². The second-order valence-electron chi connectivity index (χ2n) is 3.56. The topological polar surface area (TPSA) is 55.1 Å². The van der Waals surface area contributed by atoms with Crippen LogP contribution in [0.2, 0.25) is 0 Å². The van der Waals surface area contributed by atoms with Gasteiger partial charge in [0.15, 0.2) is 0 Å². The van der Waals surface area contributed by atoms with E-state index in [2.05, 4.69) is 30.9 Å². The quantitative estimate of drug-likeness (QED) is 0.910. The van der Waals surface area contributed by atoms with Crippen molar-refractivity contribution in [2.75, 3.05) is 5.32 Å². The first kappa shape index (κ1) is 13.6. The molecule has 1 aromatic carbocycles. The summed E-state index contributed by atoms with van der Waals surface area (Å²) in [5, 5.41) is 5.73. The highest BCUT2D eigenvalue weighted by Crippen LogP contribution is 2.32. The second kappa shape index (κ2) is 5.04. The van der Waals surface area contributed by atoms with E-state index in [-0.39, 0.29) is 15.7 Å². The number of carbonyl (C=O) groups excluding carboxylic acids is 1. The molecule has 0 spiro atoms. The van der Waals surface area contributed by atoms with E-state index >= 15 is 0 Å². The smallest absolute Gasteiger partial charge is 0.363 e. The minimum absolute atomic E-state index is 0.129. The van der Waals surface area contributed by atoms with Crippen molar-refractivity contribution in [2.24, 2.45) is 0 Å². The number of benzene rings is 1. The molecule has 0 saturated carbocycles. The van der Waals surface area contributed by atoms with Crippen LogP contribution in [0, 0.1) is 0 Å². The molecule has 0 aliphatic carbocycles. The van der Waals surface area contributed by atoms with Crippen LogP contribution in [0.4, 0.5) is 18.9 Å². The summed E-state index contributed by atoms with van der Waals surface area (Å²) in [7, 11) is 0. The number of alkyl halides is 3. The van der Waals surface area contributed by atoms with Crippen LogP contribution in [-0.4, -0.2) is 11.1 Å². The Labute approximate surface area is 113 Å². The molecule has 1 heterocycles. The van der Waals surface area contributed by atoms with Gasteiger partial charge in [-0.2, -0.15) is 13.2 Å². The Bertz CT molecular complexity index is 596. The zero-order valence-corrected chi connectivity index (χ0v) is 10.7. The normalized spacial score (nSPS) is 11.4. The monoisotopic (exact) mass is 334 g/mol. The Morgan fingerprint density at radius 1 is 1.37 bits per heavy atom. The second-order valence-corrected chi connectivity index (χ2v) is 4.41. The third-order valence-corrected chi connectivity index (χ3v) is 2.92. The number of nitrogens with zero attached hydrogens (tertiary/aromatic N) is 1. The van der Waals surface area contributed by atoms with Crippen LogP contribution in [0.1, 0.15) is 15.9 Å². The molecule has 0 radical (unpaired) electrons. The highest BCUT2D eigenvalue weighted by Gasteiger charge is 2.31. The minimum atomic E-state index is -4.51. The maximum Gasteiger partial charge on any atom is 0.416 e. The maximum atomic E-state index is 12.6. The van der Waals surface area contributed by atoms with Crippen LogP contribution in [0.3, 0.4) is 0 Å². The molecule has 100 valence electrons. The van der Waals surface area contributed by atoms with Crippen molar-refractivity contribution in [1.82, 2.24) is 5.16 Å². The van der Waals surface area contributed by atoms with Crippen LogP contribution >= 0.6 is 15.9 Å². The highest BCUT2D eigenvalue weighted by molar-refractivity contribution is 9.10. The molecule has 0 aliphatic rings. The average Bonchev–Trinajstić information content (AvgIpc) is 2.80. The molecule has 1 aromatic heterocycles. The van der Waals surface area contributed by atoms with Gasteiger partial charge in [-0.05, 0) is 34.1 Å². The standard InChI is InChI=1S/C11H6BrF3N2O2/c12-9-2-1-6(11(13,14)15)3-8(9)10(18)17-7-4-16-19-5-7/h1-5H,(H,17,18). The Balaban J connectivity index is 2.31. The molecule has 4 nitrogen and oxygen atoms in total. The van der Waals surface area contributed by atoms with E-state index in [1.807, 2.05) is 0 Å². The predicted octanol–water partition coefficient (Wildman–Crippen LogP) is 3.71. The summed E-state index contributed by atoms with van der Waals surface area (Å²) in [6.07, 6.45) is -2.11. The Morgan fingerprint density at radius 3 is 2.68 bits per heavy atom. The molecule has 0 bridgehead atoms. The molecule has 19 heavy (non-hydrogen) atoms. The molecular weight excluding hydrogens is 329 g/mol. The number of hydrogen-bond acceptors (Lipinski definition) is 3. The SMILES string of the molecule is O=C(Nc1cnoc1)c1cc(C(F)(F)F)ccc1Br. The van der Waals surface area contributed by atoms with Crippen LogP contribution in [0.25, 0.3) is 0 Å². The largest absolute Gasteiger partial charge is 0.416 e. The molecule has 0 saturated heterocycles. The van der Waals surface area contributed by atoms with Gasteiger partial charge in [-0.25, -0.2) is 0 Å². The fraction of sp³-hybridized carbons (Fsp3) is 0.0909. The van der Waals surface area contributed by atoms with E-state index in [4.69, 9.17) is 0 Å². The summed E-state index contributed by atoms with van der Waals surface area (Å²) in [6.45, 7) is 0. The van der Waals surface area contributed by atoms with Crippen molar-refractivity contribution < 1.29 is 22.5 Å². The number of hydrogen-bond donors (Lipinski definition) is 1. The third kappa shape index (κ3) is 3.14. The molecule has 2 aromatic rings. The molecule has 8 heteroatoms. The summed E-state index contributed by atoms with van der Waals surface area (Å²) in [4.78, 5) is 11.8. The Hall–Kier alpha value is -1.83. The van der Waals surface area contributed by atoms with Gasteiger partial charge in [0.05, 0.1) is 17.3 Å². The van der Waals surface area contributed by atoms with Crippen molar-refractivity contribution >= 4 is 27.5 Å². The first-order chi connectivity index (χ1) is 8.88. The van der Waals surface area contributed by atoms with Crippen LogP contribution < -0.4 is 5.32 Å². The summed E-state index contributed by atoms with van der Waals surface area (Å²) >= 11 is 3.03. The third-order valence-electron chi connectivity index (χ3n) is 2.23. The lowest BCUT2D eigenvalue weighted by molar-refractivity contribution is -0.137. The van der Waals surface area contributed by atoms with E-state index in [9.17, 15) is 18.0 Å². The van der Waals surface area contributed by atoms with Crippen molar-refractivity contribution in [3.05, 3.63) is 46.3 Å². The van der Waals surface area contributed by atoms with Gasteiger partial charge < -0.3 is 9.84 Å². The molecular formula is C11H6BrF3N2O2. The van der Waals surface area contributed by atoms with Gasteiger partial charge in [0.2, 0.25) is 0 Å². The van der Waals surface area contributed by atoms with Crippen LogP contribution in [0.15, 0.2) is 39.7 Å². The van der Waals surface area contributed by atoms with E-state index in [0.29, 0.717) is 0 Å². The van der Waals surface area contributed by atoms with Gasteiger partial charge in [0.25, 0.3) is 5.91 Å². The van der Waals surface area contributed by atoms with E-state index in [1.54, 1.807) is 0 Å². The van der Waals surface area contributed by atoms with Crippen LogP contribution in [-0.2, 0) is 6.18 Å². The molecule has 2 rings (SSSR count). The summed E-state index contributed by atoms with van der Waals surface area (Å²) in [6, 6.07) is 2.83. The number of anilines is 1. The molecule has 1 N–H and O–H groups in total. The lowest BCUT2D eigenvalue weighted by atomic mass is 10.1. The lowest BCUT2D eigenvalue weighted by Crippen LogP contribution is -2.14. The number of halogens is 4. The highest BCUT2D eigenvalue weighted by atomic mass is 79.9. The molecule has 0 atom stereocenters. The molecule has 0 aliphatic heterocycles. The fourth-order valence-corrected chi connectivity index (χ4v) is 1.77. The maximum absolute atomic E-state index is 12.6. The average molecular weight is 335 g/mol. The zero-order chi connectivity index (χ0) is 14.0. The van der Waals surface area contributed by atoms with E-state index in [0.717, 1.165) is 12.1 Å². The van der Waals surface area contributed by atoms with Crippen molar-refractivity contribution in [1.29, 1.82) is 0 Å². The number of amides is 1. The van der Waals surface area contributed by atoms with Gasteiger partial charge in [0.1, 0.15) is 12.0 Å². The Morgan fingerprint density at radius 2 is 2.11 bits per heavy atom. The number of rotatable bonds is 2. The van der Waals surface area contributed by atoms with Gasteiger partial charge >= 0.3 is 6.18 Å². The molecule has 1 amide bonds. The van der Waals surface area contributed by atoms with Gasteiger partial charge in [0, 0.05) is 4.47 Å². The Kier molecular flexibility index (Phi) is 3.61. The van der Waals surface area contributed by atoms with Crippen molar-refractivity contribution in [3.63, 3.8) is 0 Å². The predicted molar refractivity (Wildman–Crippen MR) is 63.6 cm³/mol. The minimum Gasteiger partial charge on any atom is -0.363 e. The summed E-state index contributed by atoms with van der Waals surface area (Å²) in [5.41, 5.74) is -0.767. The first-order valence-corrected chi connectivity index (χ1v) is 5.74.